The molecule has 0 fully saturated rings. The number of amides is 1. The van der Waals surface area contributed by atoms with E-state index in [1.807, 2.05) is 4.72 Å². The molecule has 14 heteroatoms. The molecular weight excluding hydrogens is 490 g/mol. The van der Waals surface area contributed by atoms with Gasteiger partial charge in [-0.25, -0.2) is 28.1 Å². The Balaban J connectivity index is 1.84. The molecule has 0 saturated heterocycles. The number of nitrogens with zero attached hydrogens (tertiary/aromatic N) is 6. The Morgan fingerprint density at radius 2 is 1.61 bits per heavy atom. The van der Waals surface area contributed by atoms with Crippen LogP contribution >= 0.6 is 0 Å². The van der Waals surface area contributed by atoms with Gasteiger partial charge in [0.05, 0.1) is 27.1 Å². The molecule has 0 aliphatic heterocycles. The number of sulfonamides is 1. The van der Waals surface area contributed by atoms with Crippen LogP contribution in [0.4, 0.5) is 0 Å². The maximum Gasteiger partial charge on any atom is 0.303 e. The highest BCUT2D eigenvalue weighted by Gasteiger charge is 2.29. The van der Waals surface area contributed by atoms with Crippen molar-refractivity contribution in [3.8, 4) is 34.6 Å². The SMILES string of the molecule is COc1cccc(-c2nnc(C(=O)NS(=O)(=O)Cc3cncnc3)n2-c2c(OC)cccc2OC)n1. The van der Waals surface area contributed by atoms with E-state index in [-0.39, 0.29) is 17.3 Å². The van der Waals surface area contributed by atoms with Crippen LogP contribution in [0.5, 0.6) is 17.4 Å². The van der Waals surface area contributed by atoms with Gasteiger partial charge >= 0.3 is 5.91 Å². The minimum absolute atomic E-state index is 0.121. The number of methoxy groups -OCH3 is 3. The normalized spacial score (nSPS) is 11.1. The van der Waals surface area contributed by atoms with Crippen LogP contribution in [0.25, 0.3) is 17.2 Å². The van der Waals surface area contributed by atoms with Crippen molar-refractivity contribution in [2.24, 2.45) is 0 Å². The van der Waals surface area contributed by atoms with Crippen molar-refractivity contribution in [3.63, 3.8) is 0 Å². The molecule has 0 radical (unpaired) electrons. The second-order valence-electron chi connectivity index (χ2n) is 7.20. The van der Waals surface area contributed by atoms with Gasteiger partial charge in [0.1, 0.15) is 29.2 Å². The van der Waals surface area contributed by atoms with Crippen LogP contribution in [0.1, 0.15) is 16.2 Å². The summed E-state index contributed by atoms with van der Waals surface area (Å²) < 4.78 is 45.0. The van der Waals surface area contributed by atoms with Gasteiger partial charge in [0.15, 0.2) is 5.82 Å². The largest absolute Gasteiger partial charge is 0.494 e. The van der Waals surface area contributed by atoms with Crippen LogP contribution in [-0.2, 0) is 15.8 Å². The number of aromatic nitrogens is 6. The standard InChI is InChI=1S/C22H21N7O6S/c1-33-16-7-5-8-17(34-2)19(16)29-20(15-6-4-9-18(25-15)35-3)26-27-21(29)22(30)28-36(31,32)12-14-10-23-13-24-11-14/h4-11,13H,12H2,1-3H3,(H,28,30). The third-order valence-corrected chi connectivity index (χ3v) is 6.08. The van der Waals surface area contributed by atoms with E-state index in [1.54, 1.807) is 36.4 Å². The molecule has 0 bridgehead atoms. The van der Waals surface area contributed by atoms with Crippen LogP contribution < -0.4 is 18.9 Å². The van der Waals surface area contributed by atoms with Crippen molar-refractivity contribution >= 4 is 15.9 Å². The van der Waals surface area contributed by atoms with Gasteiger partial charge in [-0.15, -0.1) is 10.2 Å². The lowest BCUT2D eigenvalue weighted by Crippen LogP contribution is -2.33. The summed E-state index contributed by atoms with van der Waals surface area (Å²) in [6, 6.07) is 9.95. The van der Waals surface area contributed by atoms with Crippen LogP contribution in [0.3, 0.4) is 0 Å². The Morgan fingerprint density at radius 3 is 2.25 bits per heavy atom. The molecule has 0 spiro atoms. The summed E-state index contributed by atoms with van der Waals surface area (Å²) in [6.45, 7) is 0. The highest BCUT2D eigenvalue weighted by molar-refractivity contribution is 7.89. The van der Waals surface area contributed by atoms with E-state index in [0.717, 1.165) is 0 Å². The number of pyridine rings is 1. The fraction of sp³-hybridized carbons (Fsp3) is 0.182. The van der Waals surface area contributed by atoms with Gasteiger partial charge < -0.3 is 14.2 Å². The van der Waals surface area contributed by atoms with Crippen LogP contribution in [-0.4, -0.2) is 65.4 Å². The van der Waals surface area contributed by atoms with Gasteiger partial charge in [-0.1, -0.05) is 12.1 Å². The molecule has 13 nitrogen and oxygen atoms in total. The number of hydrogen-bond acceptors (Lipinski definition) is 11. The number of para-hydroxylation sites is 1. The summed E-state index contributed by atoms with van der Waals surface area (Å²) in [4.78, 5) is 25.2. The third-order valence-electron chi connectivity index (χ3n) is 4.87. The summed E-state index contributed by atoms with van der Waals surface area (Å²) in [5.41, 5.74) is 0.871. The quantitative estimate of drug-likeness (QED) is 0.346. The molecule has 0 saturated carbocycles. The number of benzene rings is 1. The number of carbonyl (C=O) groups excluding carboxylic acids is 1. The van der Waals surface area contributed by atoms with Crippen molar-refractivity contribution in [1.29, 1.82) is 0 Å². The Morgan fingerprint density at radius 1 is 0.944 bits per heavy atom. The third kappa shape index (κ3) is 5.07. The van der Waals surface area contributed by atoms with Crippen molar-refractivity contribution in [1.82, 2.24) is 34.4 Å². The highest BCUT2D eigenvalue weighted by Crippen LogP contribution is 2.36. The molecule has 3 heterocycles. The van der Waals surface area contributed by atoms with Gasteiger partial charge in [0, 0.05) is 24.0 Å². The van der Waals surface area contributed by atoms with Gasteiger partial charge in [0.2, 0.25) is 21.7 Å². The molecule has 186 valence electrons. The monoisotopic (exact) mass is 511 g/mol. The fourth-order valence-corrected chi connectivity index (χ4v) is 4.39. The predicted molar refractivity (Wildman–Crippen MR) is 126 cm³/mol. The lowest BCUT2D eigenvalue weighted by Gasteiger charge is -2.17. The van der Waals surface area contributed by atoms with E-state index in [0.29, 0.717) is 28.6 Å². The first-order valence-electron chi connectivity index (χ1n) is 10.3. The molecule has 0 aliphatic rings. The van der Waals surface area contributed by atoms with Gasteiger partial charge in [-0.3, -0.25) is 9.36 Å². The van der Waals surface area contributed by atoms with E-state index in [9.17, 15) is 13.2 Å². The molecule has 4 rings (SSSR count). The molecule has 1 aromatic carbocycles. The Kier molecular flexibility index (Phi) is 7.05. The summed E-state index contributed by atoms with van der Waals surface area (Å²) >= 11 is 0. The zero-order valence-corrected chi connectivity index (χ0v) is 20.3. The molecule has 0 aliphatic carbocycles. The Labute approximate surface area is 206 Å². The summed E-state index contributed by atoms with van der Waals surface area (Å²) in [6.07, 6.45) is 3.95. The zero-order chi connectivity index (χ0) is 25.7. The molecule has 4 aromatic rings. The zero-order valence-electron chi connectivity index (χ0n) is 19.4. The van der Waals surface area contributed by atoms with E-state index in [2.05, 4.69) is 25.1 Å². The summed E-state index contributed by atoms with van der Waals surface area (Å²) in [5, 5.41) is 8.12. The molecule has 0 atom stereocenters. The summed E-state index contributed by atoms with van der Waals surface area (Å²) in [7, 11) is 0.208. The topological polar surface area (TPSA) is 160 Å². The van der Waals surface area contributed by atoms with Crippen molar-refractivity contribution in [3.05, 3.63) is 66.5 Å². The first-order valence-corrected chi connectivity index (χ1v) is 12.0. The molecule has 1 amide bonds. The number of nitrogens with one attached hydrogen (secondary N) is 1. The number of carbonyl (C=O) groups is 1. The van der Waals surface area contributed by atoms with Crippen molar-refractivity contribution in [2.75, 3.05) is 21.3 Å². The minimum Gasteiger partial charge on any atom is -0.494 e. The van der Waals surface area contributed by atoms with E-state index in [1.165, 1.54) is 44.6 Å². The van der Waals surface area contributed by atoms with E-state index >= 15 is 0 Å². The Bertz CT molecular complexity index is 1470. The smallest absolute Gasteiger partial charge is 0.303 e. The van der Waals surface area contributed by atoms with Crippen molar-refractivity contribution < 1.29 is 27.4 Å². The first-order chi connectivity index (χ1) is 17.4. The van der Waals surface area contributed by atoms with Gasteiger partial charge in [0.25, 0.3) is 0 Å². The molecular formula is C22H21N7O6S. The first kappa shape index (κ1) is 24.5. The molecule has 3 aromatic heterocycles. The maximum absolute atomic E-state index is 13.2. The van der Waals surface area contributed by atoms with E-state index < -0.39 is 21.7 Å². The number of hydrogen-bond donors (Lipinski definition) is 1. The highest BCUT2D eigenvalue weighted by atomic mass is 32.2. The van der Waals surface area contributed by atoms with Gasteiger partial charge in [-0.2, -0.15) is 0 Å². The second kappa shape index (κ2) is 10.4. The molecule has 36 heavy (non-hydrogen) atoms. The predicted octanol–water partition coefficient (Wildman–Crippen LogP) is 1.40. The lowest BCUT2D eigenvalue weighted by atomic mass is 10.2. The van der Waals surface area contributed by atoms with E-state index in [4.69, 9.17) is 14.2 Å². The minimum atomic E-state index is -4.14. The second-order valence-corrected chi connectivity index (χ2v) is 8.92. The summed E-state index contributed by atoms with van der Waals surface area (Å²) in [5.74, 6) is -0.834. The molecule has 1 N–H and O–H groups in total. The number of ether oxygens (including phenoxy) is 3. The van der Waals surface area contributed by atoms with Crippen molar-refractivity contribution in [2.45, 2.75) is 5.75 Å². The maximum atomic E-state index is 13.2. The van der Waals surface area contributed by atoms with Crippen LogP contribution in [0.15, 0.2) is 55.1 Å². The van der Waals surface area contributed by atoms with Gasteiger partial charge in [-0.05, 0) is 18.2 Å². The number of rotatable bonds is 9. The Hall–Kier alpha value is -4.59. The molecule has 0 unspecified atom stereocenters. The fourth-order valence-electron chi connectivity index (χ4n) is 3.36. The lowest BCUT2D eigenvalue weighted by molar-refractivity contribution is 0.0969. The van der Waals surface area contributed by atoms with Crippen LogP contribution in [0.2, 0.25) is 0 Å². The average molecular weight is 512 g/mol. The average Bonchev–Trinajstić information content (AvgIpc) is 3.33. The van der Waals surface area contributed by atoms with Crippen LogP contribution in [0, 0.1) is 0 Å².